The fourth-order valence-electron chi connectivity index (χ4n) is 1.82. The zero-order valence-electron chi connectivity index (χ0n) is 9.07. The van der Waals surface area contributed by atoms with E-state index in [0.29, 0.717) is 12.6 Å². The van der Waals surface area contributed by atoms with Crippen LogP contribution in [0.5, 0.6) is 0 Å². The smallest absolute Gasteiger partial charge is 0.255 e. The maximum Gasteiger partial charge on any atom is 0.255 e. The van der Waals surface area contributed by atoms with Gasteiger partial charge >= 0.3 is 0 Å². The summed E-state index contributed by atoms with van der Waals surface area (Å²) in [5.74, 6) is 0. The molecule has 0 heterocycles. The summed E-state index contributed by atoms with van der Waals surface area (Å²) < 4.78 is 24.9. The lowest BCUT2D eigenvalue weighted by Gasteiger charge is -2.24. The van der Waals surface area contributed by atoms with Crippen LogP contribution < -0.4 is 10.6 Å². The molecule has 0 saturated heterocycles. The summed E-state index contributed by atoms with van der Waals surface area (Å²) in [5.41, 5.74) is 7.39. The molecule has 1 aliphatic rings. The molecule has 0 spiro atoms. The van der Waals surface area contributed by atoms with E-state index < -0.39 is 6.43 Å². The first kappa shape index (κ1) is 11.3. The van der Waals surface area contributed by atoms with Gasteiger partial charge in [0.2, 0.25) is 0 Å². The molecular formula is C12H16F2N2. The quantitative estimate of drug-likeness (QED) is 0.835. The lowest BCUT2D eigenvalue weighted by atomic mass is 10.2. The fourth-order valence-corrected chi connectivity index (χ4v) is 1.82. The predicted octanol–water partition coefficient (Wildman–Crippen LogP) is 2.38. The number of alkyl halides is 2. The Balaban J connectivity index is 2.11. The number of benzene rings is 1. The molecule has 1 aromatic rings. The summed E-state index contributed by atoms with van der Waals surface area (Å²) in [6, 6.07) is 7.86. The van der Waals surface area contributed by atoms with Crippen LogP contribution in [-0.2, 0) is 6.54 Å². The lowest BCUT2D eigenvalue weighted by molar-refractivity contribution is 0.154. The van der Waals surface area contributed by atoms with Crippen molar-refractivity contribution in [3.05, 3.63) is 29.8 Å². The Morgan fingerprint density at radius 2 is 1.88 bits per heavy atom. The number of halogens is 2. The maximum absolute atomic E-state index is 12.4. The monoisotopic (exact) mass is 226 g/mol. The molecule has 2 N–H and O–H groups in total. The topological polar surface area (TPSA) is 29.3 Å². The van der Waals surface area contributed by atoms with E-state index >= 15 is 0 Å². The molecule has 1 fully saturated rings. The van der Waals surface area contributed by atoms with Crippen LogP contribution >= 0.6 is 0 Å². The minimum Gasteiger partial charge on any atom is -0.363 e. The molecule has 0 aliphatic heterocycles. The van der Waals surface area contributed by atoms with Crippen molar-refractivity contribution < 1.29 is 8.78 Å². The molecule has 0 atom stereocenters. The van der Waals surface area contributed by atoms with Gasteiger partial charge in [0.25, 0.3) is 6.43 Å². The summed E-state index contributed by atoms with van der Waals surface area (Å²) in [5, 5.41) is 0. The second-order valence-electron chi connectivity index (χ2n) is 4.15. The van der Waals surface area contributed by atoms with Crippen molar-refractivity contribution in [3.8, 4) is 0 Å². The molecule has 0 unspecified atom stereocenters. The fraction of sp³-hybridized carbons (Fsp3) is 0.500. The van der Waals surface area contributed by atoms with Gasteiger partial charge in [-0.05, 0) is 30.5 Å². The van der Waals surface area contributed by atoms with Crippen LogP contribution in [0.4, 0.5) is 14.5 Å². The van der Waals surface area contributed by atoms with E-state index in [9.17, 15) is 8.78 Å². The Morgan fingerprint density at radius 1 is 1.25 bits per heavy atom. The summed E-state index contributed by atoms with van der Waals surface area (Å²) in [4.78, 5) is 1.80. The van der Waals surface area contributed by atoms with E-state index in [0.717, 1.165) is 24.1 Å². The molecule has 1 saturated carbocycles. The molecule has 1 aliphatic carbocycles. The van der Waals surface area contributed by atoms with Crippen LogP contribution in [0.25, 0.3) is 0 Å². The van der Waals surface area contributed by atoms with Crippen molar-refractivity contribution in [3.63, 3.8) is 0 Å². The van der Waals surface area contributed by atoms with Crippen LogP contribution in [0.1, 0.15) is 18.4 Å². The zero-order chi connectivity index (χ0) is 11.5. The first-order valence-corrected chi connectivity index (χ1v) is 5.54. The number of rotatable bonds is 5. The van der Waals surface area contributed by atoms with Gasteiger partial charge in [-0.2, -0.15) is 0 Å². The highest BCUT2D eigenvalue weighted by molar-refractivity contribution is 5.49. The average molecular weight is 226 g/mol. The summed E-state index contributed by atoms with van der Waals surface area (Å²) >= 11 is 0. The molecule has 0 bridgehead atoms. The van der Waals surface area contributed by atoms with Crippen molar-refractivity contribution >= 4 is 5.69 Å². The van der Waals surface area contributed by atoms with E-state index in [-0.39, 0.29) is 6.54 Å². The van der Waals surface area contributed by atoms with Crippen molar-refractivity contribution in [2.24, 2.45) is 5.73 Å². The third-order valence-corrected chi connectivity index (χ3v) is 2.83. The Kier molecular flexibility index (Phi) is 3.39. The van der Waals surface area contributed by atoms with E-state index in [2.05, 4.69) is 0 Å². The molecule has 88 valence electrons. The largest absolute Gasteiger partial charge is 0.363 e. The first-order chi connectivity index (χ1) is 7.70. The minimum absolute atomic E-state index is 0.174. The molecule has 16 heavy (non-hydrogen) atoms. The molecule has 2 rings (SSSR count). The standard InChI is InChI=1S/C12H16F2N2/c13-12(14)8-16(11-5-6-11)10-3-1-9(7-15)2-4-10/h1-4,11-12H,5-8,15H2. The molecule has 2 nitrogen and oxygen atoms in total. The van der Waals surface area contributed by atoms with Crippen molar-refractivity contribution in [1.29, 1.82) is 0 Å². The maximum atomic E-state index is 12.4. The van der Waals surface area contributed by atoms with Crippen LogP contribution in [0.15, 0.2) is 24.3 Å². The van der Waals surface area contributed by atoms with Crippen molar-refractivity contribution in [2.45, 2.75) is 31.9 Å². The predicted molar refractivity (Wildman–Crippen MR) is 60.7 cm³/mol. The van der Waals surface area contributed by atoms with Crippen LogP contribution in [0, 0.1) is 0 Å². The van der Waals surface area contributed by atoms with E-state index in [1.165, 1.54) is 0 Å². The Hall–Kier alpha value is -1.16. The van der Waals surface area contributed by atoms with Gasteiger partial charge < -0.3 is 10.6 Å². The first-order valence-electron chi connectivity index (χ1n) is 5.54. The molecule has 0 aromatic heterocycles. The third kappa shape index (κ3) is 2.70. The van der Waals surface area contributed by atoms with Crippen LogP contribution in [0.3, 0.4) is 0 Å². The van der Waals surface area contributed by atoms with Crippen LogP contribution in [0.2, 0.25) is 0 Å². The van der Waals surface area contributed by atoms with Gasteiger partial charge in [0, 0.05) is 18.3 Å². The minimum atomic E-state index is -2.28. The second-order valence-corrected chi connectivity index (χ2v) is 4.15. The normalized spacial score (nSPS) is 15.5. The van der Waals surface area contributed by atoms with Crippen LogP contribution in [-0.4, -0.2) is 19.0 Å². The van der Waals surface area contributed by atoms with Gasteiger partial charge in [-0.15, -0.1) is 0 Å². The van der Waals surface area contributed by atoms with Gasteiger partial charge in [0.05, 0.1) is 6.54 Å². The molecule has 0 radical (unpaired) electrons. The Morgan fingerprint density at radius 3 is 2.31 bits per heavy atom. The number of anilines is 1. The van der Waals surface area contributed by atoms with Crippen molar-refractivity contribution in [1.82, 2.24) is 0 Å². The molecular weight excluding hydrogens is 210 g/mol. The van der Waals surface area contributed by atoms with Gasteiger partial charge in [-0.1, -0.05) is 12.1 Å². The van der Waals surface area contributed by atoms with Gasteiger partial charge in [0.15, 0.2) is 0 Å². The summed E-state index contributed by atoms with van der Waals surface area (Å²) in [6.07, 6.45) is -0.244. The third-order valence-electron chi connectivity index (χ3n) is 2.83. The highest BCUT2D eigenvalue weighted by Crippen LogP contribution is 2.32. The Labute approximate surface area is 94.0 Å². The SMILES string of the molecule is NCc1ccc(N(CC(F)F)C2CC2)cc1. The number of hydrogen-bond acceptors (Lipinski definition) is 2. The van der Waals surface area contributed by atoms with E-state index in [1.807, 2.05) is 24.3 Å². The molecule has 4 heteroatoms. The van der Waals surface area contributed by atoms with E-state index in [1.54, 1.807) is 4.90 Å². The lowest BCUT2D eigenvalue weighted by Crippen LogP contribution is -2.30. The highest BCUT2D eigenvalue weighted by Gasteiger charge is 2.30. The average Bonchev–Trinajstić information content (AvgIpc) is 3.10. The van der Waals surface area contributed by atoms with Gasteiger partial charge in [-0.3, -0.25) is 0 Å². The van der Waals surface area contributed by atoms with Gasteiger partial charge in [0.1, 0.15) is 0 Å². The number of hydrogen-bond donors (Lipinski definition) is 1. The number of nitrogens with two attached hydrogens (primary N) is 1. The molecule has 0 amide bonds. The Bertz CT molecular complexity index is 333. The summed E-state index contributed by atoms with van der Waals surface area (Å²) in [6.45, 7) is 0.311. The molecule has 1 aromatic carbocycles. The zero-order valence-corrected chi connectivity index (χ0v) is 9.07. The summed E-state index contributed by atoms with van der Waals surface area (Å²) in [7, 11) is 0. The highest BCUT2D eigenvalue weighted by atomic mass is 19.3. The second kappa shape index (κ2) is 4.78. The van der Waals surface area contributed by atoms with E-state index in [4.69, 9.17) is 5.73 Å². The van der Waals surface area contributed by atoms with Crippen molar-refractivity contribution in [2.75, 3.05) is 11.4 Å². The number of nitrogens with zero attached hydrogens (tertiary/aromatic N) is 1. The van der Waals surface area contributed by atoms with Gasteiger partial charge in [-0.25, -0.2) is 8.78 Å².